The average Bonchev–Trinajstić information content (AvgIpc) is 1.72. The van der Waals surface area contributed by atoms with E-state index in [0.29, 0.717) is 0 Å². The molecular weight excluding hydrogens is 96.0 g/mol. The molecule has 0 aliphatic rings. The highest BCUT2D eigenvalue weighted by Crippen LogP contribution is 1.80. The van der Waals surface area contributed by atoms with E-state index >= 15 is 0 Å². The van der Waals surface area contributed by atoms with Gasteiger partial charge in [-0.25, -0.2) is 0 Å². The zero-order chi connectivity index (χ0) is 5.70. The summed E-state index contributed by atoms with van der Waals surface area (Å²) in [5.41, 5.74) is 0. The molecule has 0 aliphatic heterocycles. The number of hydrogen-bond donors (Lipinski definition) is 0. The molecule has 0 unspecified atom stereocenters. The zero-order valence-electron chi connectivity index (χ0n) is 4.72. The summed E-state index contributed by atoms with van der Waals surface area (Å²) in [6, 6.07) is 0. The van der Waals surface area contributed by atoms with Crippen LogP contribution in [-0.2, 0) is 9.47 Å². The Balaban J connectivity index is 3.38. The minimum atomic E-state index is 0.181. The molecule has 0 radical (unpaired) electrons. The summed E-state index contributed by atoms with van der Waals surface area (Å²) in [7, 11) is 4.42. The lowest BCUT2D eigenvalue weighted by molar-refractivity contribution is -0.133. The van der Waals surface area contributed by atoms with Crippen LogP contribution in [-0.4, -0.2) is 27.5 Å². The smallest absolute Gasteiger partial charge is 0.324 e. The van der Waals surface area contributed by atoms with E-state index < -0.39 is 0 Å². The van der Waals surface area contributed by atoms with Gasteiger partial charge in [-0.2, -0.15) is 0 Å². The third kappa shape index (κ3) is 2.03. The second-order valence-electron chi connectivity index (χ2n) is 0.862. The van der Waals surface area contributed by atoms with Crippen LogP contribution in [0.3, 0.4) is 0 Å². The standard InChI is InChI=1S/C4H9O3/c1-5-4(6-2)7-3/h1-3H3/q+1. The molecule has 0 bridgehead atoms. The molecule has 0 aromatic carbocycles. The van der Waals surface area contributed by atoms with E-state index in [1.807, 2.05) is 0 Å². The fourth-order valence-electron chi connectivity index (χ4n) is 0.250. The van der Waals surface area contributed by atoms with Crippen molar-refractivity contribution in [3.05, 3.63) is 0 Å². The summed E-state index contributed by atoms with van der Waals surface area (Å²) in [4.78, 5) is 0. The van der Waals surface area contributed by atoms with Crippen molar-refractivity contribution in [1.82, 2.24) is 0 Å². The Morgan fingerprint density at radius 2 is 1.71 bits per heavy atom. The van der Waals surface area contributed by atoms with Crippen LogP contribution in [0.1, 0.15) is 0 Å². The topological polar surface area (TPSA) is 29.8 Å². The average molecular weight is 105 g/mol. The lowest BCUT2D eigenvalue weighted by Gasteiger charge is -1.82. The van der Waals surface area contributed by atoms with E-state index in [-0.39, 0.29) is 6.16 Å². The monoisotopic (exact) mass is 105 g/mol. The predicted octanol–water partition coefficient (Wildman–Crippen LogP) is 0.565. The van der Waals surface area contributed by atoms with Gasteiger partial charge in [-0.1, -0.05) is 0 Å². The van der Waals surface area contributed by atoms with Crippen molar-refractivity contribution in [3.8, 4) is 0 Å². The lowest BCUT2D eigenvalue weighted by Crippen LogP contribution is -2.00. The maximum Gasteiger partial charge on any atom is 0.713 e. The van der Waals surface area contributed by atoms with Gasteiger partial charge in [0.2, 0.25) is 0 Å². The number of ether oxygens (including phenoxy) is 2. The molecule has 0 spiro atoms. The van der Waals surface area contributed by atoms with Crippen LogP contribution < -0.4 is 0 Å². The van der Waals surface area contributed by atoms with E-state index in [1.54, 1.807) is 0 Å². The van der Waals surface area contributed by atoms with E-state index in [0.717, 1.165) is 0 Å². The van der Waals surface area contributed by atoms with E-state index in [2.05, 4.69) is 13.9 Å². The van der Waals surface area contributed by atoms with Crippen LogP contribution in [0.15, 0.2) is 0 Å². The molecule has 0 atom stereocenters. The molecule has 3 heteroatoms. The molecule has 0 saturated heterocycles. The molecule has 0 saturated carbocycles. The summed E-state index contributed by atoms with van der Waals surface area (Å²) in [5.74, 6) is 0. The molecule has 0 aliphatic carbocycles. The first-order chi connectivity index (χ1) is 3.35. The maximum absolute atomic E-state index is 4.52. The summed E-state index contributed by atoms with van der Waals surface area (Å²) < 4.78 is 13.6. The summed E-state index contributed by atoms with van der Waals surface area (Å²) in [6.07, 6.45) is 0.181. The van der Waals surface area contributed by atoms with Gasteiger partial charge in [0.25, 0.3) is 0 Å². The van der Waals surface area contributed by atoms with Gasteiger partial charge in [0.05, 0.1) is 0 Å². The molecule has 3 nitrogen and oxygen atoms in total. The number of rotatable bonds is 0. The molecule has 0 fully saturated rings. The second-order valence-corrected chi connectivity index (χ2v) is 0.862. The minimum absolute atomic E-state index is 0.181. The maximum atomic E-state index is 4.52. The molecule has 0 aromatic rings. The molecule has 42 valence electrons. The van der Waals surface area contributed by atoms with Crippen molar-refractivity contribution >= 4 is 6.16 Å². The van der Waals surface area contributed by atoms with Crippen molar-refractivity contribution in [1.29, 1.82) is 0 Å². The van der Waals surface area contributed by atoms with Gasteiger partial charge < -0.3 is 13.9 Å². The van der Waals surface area contributed by atoms with Gasteiger partial charge in [0.1, 0.15) is 21.3 Å². The Bertz CT molecular complexity index is 61.3. The number of methoxy groups -OCH3 is 2. The summed E-state index contributed by atoms with van der Waals surface area (Å²) >= 11 is 0. The highest BCUT2D eigenvalue weighted by atomic mass is 16.7. The molecule has 0 heterocycles. The Morgan fingerprint density at radius 1 is 1.29 bits per heavy atom. The Kier molecular flexibility index (Phi) is 3.10. The first kappa shape index (κ1) is 6.27. The van der Waals surface area contributed by atoms with E-state index in [4.69, 9.17) is 0 Å². The molecule has 0 N–H and O–H groups in total. The summed E-state index contributed by atoms with van der Waals surface area (Å²) in [6.45, 7) is 0. The zero-order valence-corrected chi connectivity index (χ0v) is 4.72. The predicted molar refractivity (Wildman–Crippen MR) is 25.3 cm³/mol. The van der Waals surface area contributed by atoms with Crippen LogP contribution in [0.2, 0.25) is 0 Å². The van der Waals surface area contributed by atoms with Gasteiger partial charge in [-0.15, -0.1) is 0 Å². The number of hydrogen-bond acceptors (Lipinski definition) is 2. The Morgan fingerprint density at radius 3 is 1.71 bits per heavy atom. The van der Waals surface area contributed by atoms with Crippen LogP contribution in [0.4, 0.5) is 4.42 Å². The Hall–Kier alpha value is -0.730. The van der Waals surface area contributed by atoms with E-state index in [9.17, 15) is 0 Å². The van der Waals surface area contributed by atoms with Gasteiger partial charge in [-0.05, 0) is 0 Å². The molecule has 0 rings (SSSR count). The van der Waals surface area contributed by atoms with Crippen molar-refractivity contribution < 1.29 is 13.9 Å². The Labute approximate surface area is 42.5 Å². The van der Waals surface area contributed by atoms with Crippen LogP contribution in [0.25, 0.3) is 0 Å². The van der Waals surface area contributed by atoms with E-state index in [1.165, 1.54) is 21.3 Å². The molecular formula is C4H9O3+. The first-order valence-electron chi connectivity index (χ1n) is 1.84. The van der Waals surface area contributed by atoms with Crippen LogP contribution in [0, 0.1) is 0 Å². The van der Waals surface area contributed by atoms with Gasteiger partial charge in [0.15, 0.2) is 0 Å². The first-order valence-corrected chi connectivity index (χ1v) is 1.84. The lowest BCUT2D eigenvalue weighted by atomic mass is 11.3. The van der Waals surface area contributed by atoms with Gasteiger partial charge in [0, 0.05) is 0 Å². The van der Waals surface area contributed by atoms with Gasteiger partial charge in [-0.3, -0.25) is 0 Å². The fraction of sp³-hybridized carbons (Fsp3) is 0.750. The molecule has 7 heavy (non-hydrogen) atoms. The van der Waals surface area contributed by atoms with Crippen LogP contribution in [0.5, 0.6) is 0 Å². The highest BCUT2D eigenvalue weighted by molar-refractivity contribution is 5.59. The third-order valence-corrected chi connectivity index (χ3v) is 0.500. The highest BCUT2D eigenvalue weighted by Gasteiger charge is 2.06. The fourth-order valence-corrected chi connectivity index (χ4v) is 0.250. The largest absolute Gasteiger partial charge is 0.713 e. The summed E-state index contributed by atoms with van der Waals surface area (Å²) in [5, 5.41) is 0. The van der Waals surface area contributed by atoms with Crippen molar-refractivity contribution in [3.63, 3.8) is 0 Å². The van der Waals surface area contributed by atoms with Crippen molar-refractivity contribution in [2.45, 2.75) is 0 Å². The minimum Gasteiger partial charge on any atom is -0.324 e. The third-order valence-electron chi connectivity index (χ3n) is 0.500. The number of carbonyl (C=O) groups excluding carboxylic acids is 1. The molecule has 0 amide bonds. The normalized spacial score (nSPS) is 7.29. The SMILES string of the molecule is COC(OC)=[O+]C. The van der Waals surface area contributed by atoms with Crippen molar-refractivity contribution in [2.75, 3.05) is 21.3 Å². The van der Waals surface area contributed by atoms with Gasteiger partial charge >= 0.3 is 6.16 Å². The van der Waals surface area contributed by atoms with Crippen molar-refractivity contribution in [2.24, 2.45) is 0 Å². The second kappa shape index (κ2) is 3.46. The molecule has 0 aromatic heterocycles. The quantitative estimate of drug-likeness (QED) is 0.333. The van der Waals surface area contributed by atoms with Crippen LogP contribution >= 0.6 is 0 Å².